The highest BCUT2D eigenvalue weighted by Crippen LogP contribution is 2.48. The summed E-state index contributed by atoms with van der Waals surface area (Å²) in [4.78, 5) is 69.8. The minimum absolute atomic E-state index is 0.0718. The lowest BCUT2D eigenvalue weighted by atomic mass is 9.81. The Morgan fingerprint density at radius 3 is 1.67 bits per heavy atom. The first kappa shape index (κ1) is 52.2. The molecule has 0 fully saturated rings. The lowest BCUT2D eigenvalue weighted by molar-refractivity contribution is -0.133. The van der Waals surface area contributed by atoms with Gasteiger partial charge in [-0.3, -0.25) is 29.0 Å². The Hall–Kier alpha value is -7.24. The molecule has 6 aliphatic rings. The molecular weight excluding hydrogens is 975 g/mol. The van der Waals surface area contributed by atoms with Crippen molar-refractivity contribution < 1.29 is 46.9 Å². The maximum atomic E-state index is 15.1. The molecule has 0 spiro atoms. The third-order valence-corrected chi connectivity index (χ3v) is 16.7. The van der Waals surface area contributed by atoms with E-state index in [4.69, 9.17) is 40.4 Å². The first-order chi connectivity index (χ1) is 36.2. The number of ether oxygens (including phenoxy) is 4. The molecule has 10 rings (SSSR count). The van der Waals surface area contributed by atoms with Crippen LogP contribution < -0.4 is 41.0 Å². The van der Waals surface area contributed by atoms with Gasteiger partial charge in [-0.2, -0.15) is 0 Å². The average molecular weight is 1040 g/mol. The number of amides is 4. The Bertz CT molecular complexity index is 3060. The van der Waals surface area contributed by atoms with Gasteiger partial charge in [0.15, 0.2) is 11.9 Å². The van der Waals surface area contributed by atoms with Crippen molar-refractivity contribution in [2.24, 2.45) is 21.5 Å². The highest BCUT2D eigenvalue weighted by atomic mass is 19.1. The predicted octanol–water partition coefficient (Wildman–Crippen LogP) is 9.33. The normalized spacial score (nSPS) is 25.8. The Morgan fingerprint density at radius 1 is 0.645 bits per heavy atom. The van der Waals surface area contributed by atoms with Crippen molar-refractivity contribution in [1.29, 1.82) is 0 Å². The molecule has 6 N–H and O–H groups in total. The number of benzene rings is 4. The van der Waals surface area contributed by atoms with Crippen LogP contribution in [0.5, 0.6) is 23.0 Å². The summed E-state index contributed by atoms with van der Waals surface area (Å²) in [6.45, 7) is 14.0. The van der Waals surface area contributed by atoms with Gasteiger partial charge >= 0.3 is 0 Å². The number of hydrogen-bond donors (Lipinski definition) is 4. The topological polar surface area (TPSA) is 212 Å². The van der Waals surface area contributed by atoms with Crippen LogP contribution in [0.1, 0.15) is 186 Å². The summed E-state index contributed by atoms with van der Waals surface area (Å²) in [5, 5.41) is 6.29. The quantitative estimate of drug-likeness (QED) is 0.106. The molecule has 18 heteroatoms. The number of nitrogens with zero attached hydrogens (tertiary/aromatic N) is 4. The highest BCUT2D eigenvalue weighted by molar-refractivity contribution is 6.01. The lowest BCUT2D eigenvalue weighted by Gasteiger charge is -2.46. The van der Waals surface area contributed by atoms with Crippen molar-refractivity contribution >= 4 is 35.5 Å². The molecule has 76 heavy (non-hydrogen) atoms. The third-order valence-electron chi connectivity index (χ3n) is 16.7. The Labute approximate surface area is 441 Å². The van der Waals surface area contributed by atoms with E-state index in [1.54, 1.807) is 48.5 Å². The highest BCUT2D eigenvalue weighted by Gasteiger charge is 2.48. The van der Waals surface area contributed by atoms with Crippen molar-refractivity contribution in [1.82, 2.24) is 20.4 Å². The summed E-state index contributed by atoms with van der Waals surface area (Å²) in [5.74, 6) is -0.0910. The Morgan fingerprint density at radius 2 is 1.13 bits per heavy atom. The molecule has 0 radical (unpaired) electrons. The zero-order chi connectivity index (χ0) is 54.1. The number of aliphatic imine (C=N–C) groups is 2. The molecule has 6 aliphatic heterocycles. The molecule has 402 valence electrons. The number of nitrogens with two attached hydrogens (primary N) is 2. The van der Waals surface area contributed by atoms with Crippen LogP contribution in [-0.4, -0.2) is 80.3 Å². The molecule has 0 bridgehead atoms. The zero-order valence-corrected chi connectivity index (χ0v) is 44.3. The molecule has 6 heterocycles. The third kappa shape index (κ3) is 9.79. The van der Waals surface area contributed by atoms with Gasteiger partial charge in [0, 0.05) is 65.5 Å². The number of carbonyl (C=O) groups is 4. The van der Waals surface area contributed by atoms with Crippen molar-refractivity contribution in [3.05, 3.63) is 118 Å². The SMILES string of the molecule is CCC1(CC)CC(=O)N([C@@H]2CCOc3ccc(C(=O)N[C@H]4CC(C)(CC5C[C@@H](N6C(=O)CC(CC)(CC)N=C6N)c6cc(C(=O)N[C@@H]7CC(C)(C)Oc8ccc(F)cc87)ccc6O5)Oc5ccc(F)cc54)cc32)C(N)=N1. The van der Waals surface area contributed by atoms with E-state index in [1.165, 1.54) is 34.1 Å². The largest absolute Gasteiger partial charge is 0.493 e. The van der Waals surface area contributed by atoms with Gasteiger partial charge in [0.2, 0.25) is 11.8 Å². The van der Waals surface area contributed by atoms with Gasteiger partial charge in [-0.05, 0) is 119 Å². The molecule has 4 aromatic rings. The Balaban J connectivity index is 0.931. The molecular formula is C58H68F2N8O8. The van der Waals surface area contributed by atoms with Crippen molar-refractivity contribution in [3.63, 3.8) is 0 Å². The van der Waals surface area contributed by atoms with Gasteiger partial charge in [0.25, 0.3) is 11.8 Å². The van der Waals surface area contributed by atoms with E-state index in [9.17, 15) is 23.6 Å². The molecule has 2 unspecified atom stereocenters. The second-order valence-corrected chi connectivity index (χ2v) is 22.3. The van der Waals surface area contributed by atoms with E-state index in [1.807, 2.05) is 48.5 Å². The predicted molar refractivity (Wildman–Crippen MR) is 281 cm³/mol. The van der Waals surface area contributed by atoms with Gasteiger partial charge in [0.05, 0.1) is 54.7 Å². The molecule has 16 nitrogen and oxygen atoms in total. The molecule has 0 saturated carbocycles. The monoisotopic (exact) mass is 1040 g/mol. The Kier molecular flexibility index (Phi) is 13.5. The second-order valence-electron chi connectivity index (χ2n) is 22.3. The van der Waals surface area contributed by atoms with Crippen LogP contribution in [0.25, 0.3) is 0 Å². The lowest BCUT2D eigenvalue weighted by Crippen LogP contribution is -2.54. The van der Waals surface area contributed by atoms with Crippen molar-refractivity contribution in [2.45, 2.75) is 172 Å². The van der Waals surface area contributed by atoms with E-state index in [0.29, 0.717) is 102 Å². The molecule has 4 aromatic carbocycles. The maximum Gasteiger partial charge on any atom is 0.251 e. The van der Waals surface area contributed by atoms with E-state index < -0.39 is 76.0 Å². The average Bonchev–Trinajstić information content (AvgIpc) is 3.44. The maximum absolute atomic E-state index is 15.1. The van der Waals surface area contributed by atoms with Crippen LogP contribution in [-0.2, 0) is 9.59 Å². The number of hydrogen-bond acceptors (Lipinski definition) is 12. The van der Waals surface area contributed by atoms with Crippen LogP contribution in [0.2, 0.25) is 0 Å². The van der Waals surface area contributed by atoms with Gasteiger partial charge < -0.3 is 41.0 Å². The number of rotatable bonds is 12. The fourth-order valence-corrected chi connectivity index (χ4v) is 12.4. The number of carbonyl (C=O) groups excluding carboxylic acids is 4. The summed E-state index contributed by atoms with van der Waals surface area (Å²) in [7, 11) is 0. The first-order valence-electron chi connectivity index (χ1n) is 26.7. The van der Waals surface area contributed by atoms with Gasteiger partial charge in [-0.1, -0.05) is 27.7 Å². The van der Waals surface area contributed by atoms with E-state index >= 15 is 4.39 Å². The molecule has 0 saturated heterocycles. The number of nitrogens with one attached hydrogen (secondary N) is 2. The van der Waals surface area contributed by atoms with E-state index in [-0.39, 0.29) is 55.8 Å². The van der Waals surface area contributed by atoms with Crippen LogP contribution >= 0.6 is 0 Å². The van der Waals surface area contributed by atoms with Gasteiger partial charge in [0.1, 0.15) is 51.9 Å². The van der Waals surface area contributed by atoms with Crippen LogP contribution in [0, 0.1) is 11.6 Å². The minimum Gasteiger partial charge on any atom is -0.493 e. The van der Waals surface area contributed by atoms with E-state index in [0.717, 1.165) is 0 Å². The fourth-order valence-electron chi connectivity index (χ4n) is 12.4. The molecule has 4 amide bonds. The summed E-state index contributed by atoms with van der Waals surface area (Å²) in [5.41, 5.74) is 13.2. The molecule has 6 atom stereocenters. The number of fused-ring (bicyclic) bond motifs is 4. The summed E-state index contributed by atoms with van der Waals surface area (Å²) in [6, 6.07) is 16.2. The molecule has 0 aromatic heterocycles. The summed E-state index contributed by atoms with van der Waals surface area (Å²) in [6.07, 6.45) is 3.82. The minimum atomic E-state index is -1.03. The standard InChI is InChI=1S/C58H68F2N8O8/c1-8-57(9-2)30-49(69)67(53(61)65-57)43-20-21-73-45-16-12-32(22-39(43)45)52(72)64-42-29-56(7,76-48-19-15-35(60)25-38(42)48)27-36-26-44(68-50(70)31-58(10-3,11-4)66-54(68)62)40-23-33(13-17-46(40)74-36)51(71)63-41-28-55(5,6)75-47-18-14-34(59)24-37(41)47/h12-19,22-25,36,41-44H,8-11,20-21,26-31H2,1-7H3,(H2,61,65)(H2,62,66)(H,63,71)(H,64,72)/t36?,41-,42+,43-,44-,56?/m1/s1. The second kappa shape index (κ2) is 19.7. The van der Waals surface area contributed by atoms with Crippen molar-refractivity contribution in [2.75, 3.05) is 6.61 Å². The molecule has 0 aliphatic carbocycles. The first-order valence-corrected chi connectivity index (χ1v) is 26.7. The summed E-state index contributed by atoms with van der Waals surface area (Å²) < 4.78 is 55.4. The van der Waals surface area contributed by atoms with Crippen LogP contribution in [0.15, 0.2) is 82.8 Å². The van der Waals surface area contributed by atoms with Crippen molar-refractivity contribution in [3.8, 4) is 23.0 Å². The fraction of sp³-hybridized carbons (Fsp3) is 0.483. The number of guanidine groups is 2. The van der Waals surface area contributed by atoms with Crippen LogP contribution in [0.3, 0.4) is 0 Å². The van der Waals surface area contributed by atoms with Crippen LogP contribution in [0.4, 0.5) is 8.78 Å². The van der Waals surface area contributed by atoms with Gasteiger partial charge in [-0.15, -0.1) is 0 Å². The zero-order valence-electron chi connectivity index (χ0n) is 44.3. The summed E-state index contributed by atoms with van der Waals surface area (Å²) >= 11 is 0. The van der Waals surface area contributed by atoms with E-state index in [2.05, 4.69) is 10.6 Å². The number of halogens is 2. The smallest absolute Gasteiger partial charge is 0.251 e. The van der Waals surface area contributed by atoms with Gasteiger partial charge in [-0.25, -0.2) is 18.8 Å².